The van der Waals surface area contributed by atoms with E-state index in [4.69, 9.17) is 14.1 Å². The summed E-state index contributed by atoms with van der Waals surface area (Å²) >= 11 is 0. The molecule has 0 radical (unpaired) electrons. The number of para-hydroxylation sites is 1. The fourth-order valence-corrected chi connectivity index (χ4v) is 3.35. The van der Waals surface area contributed by atoms with Crippen LogP contribution in [0.4, 0.5) is 17.1 Å². The van der Waals surface area contributed by atoms with Crippen LogP contribution in [-0.2, 0) is 0 Å². The number of nitro groups is 1. The summed E-state index contributed by atoms with van der Waals surface area (Å²) in [5.74, 6) is 1.25. The van der Waals surface area contributed by atoms with Gasteiger partial charge in [-0.05, 0) is 48.5 Å². The number of hydrogen-bond acceptors (Lipinski definition) is 6. The van der Waals surface area contributed by atoms with Crippen molar-refractivity contribution in [3.63, 3.8) is 0 Å². The number of nitro benzene ring substituents is 1. The molecule has 0 amide bonds. The molecule has 0 fully saturated rings. The summed E-state index contributed by atoms with van der Waals surface area (Å²) in [6.07, 6.45) is 0. The van der Waals surface area contributed by atoms with Crippen molar-refractivity contribution in [3.05, 3.63) is 88.3 Å². The molecule has 31 heavy (non-hydrogen) atoms. The van der Waals surface area contributed by atoms with Gasteiger partial charge < -0.3 is 14.1 Å². The Bertz CT molecular complexity index is 1320. The third-order valence-corrected chi connectivity index (χ3v) is 4.91. The van der Waals surface area contributed by atoms with Crippen molar-refractivity contribution in [2.45, 2.75) is 0 Å². The molecule has 0 saturated carbocycles. The molecule has 3 aromatic carbocycles. The van der Waals surface area contributed by atoms with Crippen LogP contribution in [0.25, 0.3) is 22.3 Å². The average molecular weight is 415 g/mol. The predicted octanol–water partition coefficient (Wildman–Crippen LogP) is 5.32. The summed E-state index contributed by atoms with van der Waals surface area (Å²) in [6, 6.07) is 21.9. The molecule has 0 spiro atoms. The molecule has 4 rings (SSSR count). The Hall–Kier alpha value is -4.13. The van der Waals surface area contributed by atoms with E-state index in [-0.39, 0.29) is 10.6 Å². The molecule has 0 unspecified atom stereocenters. The van der Waals surface area contributed by atoms with E-state index in [0.29, 0.717) is 28.0 Å². The minimum Gasteiger partial charge on any atom is -0.497 e. The summed E-state index contributed by atoms with van der Waals surface area (Å²) in [4.78, 5) is 17.7. The third-order valence-electron chi connectivity index (χ3n) is 4.91. The lowest BCUT2D eigenvalue weighted by Crippen LogP contribution is -2.11. The highest BCUT2D eigenvalue weighted by molar-refractivity contribution is 5.80. The maximum atomic E-state index is 11.6. The predicted molar refractivity (Wildman–Crippen MR) is 121 cm³/mol. The maximum absolute atomic E-state index is 11.6. The van der Waals surface area contributed by atoms with Crippen LogP contribution >= 0.6 is 0 Å². The highest BCUT2D eigenvalue weighted by Crippen LogP contribution is 2.32. The molecule has 0 atom stereocenters. The van der Waals surface area contributed by atoms with E-state index in [0.717, 1.165) is 16.8 Å². The lowest BCUT2D eigenvalue weighted by molar-refractivity contribution is -0.384. The van der Waals surface area contributed by atoms with Gasteiger partial charge in [0, 0.05) is 37.2 Å². The number of hydrogen-bond donors (Lipinski definition) is 0. The van der Waals surface area contributed by atoms with Crippen molar-refractivity contribution < 1.29 is 14.1 Å². The Kier molecular flexibility index (Phi) is 5.41. The number of nitrogens with zero attached hydrogens (tertiary/aromatic N) is 3. The van der Waals surface area contributed by atoms with E-state index in [2.05, 4.69) is 0 Å². The topological polar surface area (TPSA) is 81.1 Å². The average Bonchev–Trinajstić information content (AvgIpc) is 2.79. The number of ether oxygens (including phenoxy) is 1. The molecule has 7 nitrogen and oxygen atoms in total. The monoisotopic (exact) mass is 415 g/mol. The molecule has 156 valence electrons. The number of benzene rings is 3. The highest BCUT2D eigenvalue weighted by atomic mass is 16.6. The van der Waals surface area contributed by atoms with Gasteiger partial charge in [-0.25, -0.2) is 4.99 Å². The van der Waals surface area contributed by atoms with Gasteiger partial charge in [0.1, 0.15) is 22.8 Å². The Balaban J connectivity index is 1.91. The van der Waals surface area contributed by atoms with E-state index in [1.807, 2.05) is 54.6 Å². The zero-order valence-corrected chi connectivity index (χ0v) is 17.4. The van der Waals surface area contributed by atoms with E-state index in [1.54, 1.807) is 38.2 Å². The quantitative estimate of drug-likeness (QED) is 0.326. The molecule has 0 aliphatic heterocycles. The molecule has 7 heteroatoms. The zero-order chi connectivity index (χ0) is 22.0. The van der Waals surface area contributed by atoms with E-state index in [9.17, 15) is 10.1 Å². The first-order valence-corrected chi connectivity index (χ1v) is 9.64. The normalized spacial score (nSPS) is 11.5. The third kappa shape index (κ3) is 4.11. The Morgan fingerprint density at radius 3 is 2.42 bits per heavy atom. The van der Waals surface area contributed by atoms with Crippen LogP contribution in [-0.4, -0.2) is 26.1 Å². The fourth-order valence-electron chi connectivity index (χ4n) is 3.35. The number of rotatable bonds is 5. The van der Waals surface area contributed by atoms with Crippen molar-refractivity contribution in [2.24, 2.45) is 4.99 Å². The van der Waals surface area contributed by atoms with Gasteiger partial charge in [-0.1, -0.05) is 12.1 Å². The zero-order valence-electron chi connectivity index (χ0n) is 17.4. The Morgan fingerprint density at radius 2 is 1.74 bits per heavy atom. The molecular weight excluding hydrogens is 394 g/mol. The smallest absolute Gasteiger partial charge is 0.293 e. The standard InChI is InChI=1S/C24H21N3O4/c1-26(2)21-13-8-16(14-22(21)27(28)29)24-15-20(19-6-4-5-7-23(19)31-24)25-17-9-11-18(30-3)12-10-17/h4-15H,1-3H3. The SMILES string of the molecule is COc1ccc(N=c2cc(-c3ccc(N(C)C)c([N+](=O)[O-])c3)oc3ccccc23)cc1. The van der Waals surface area contributed by atoms with Gasteiger partial charge in [0.15, 0.2) is 0 Å². The van der Waals surface area contributed by atoms with E-state index >= 15 is 0 Å². The molecule has 0 aliphatic carbocycles. The second-order valence-electron chi connectivity index (χ2n) is 7.16. The van der Waals surface area contributed by atoms with Crippen LogP contribution in [0.1, 0.15) is 0 Å². The van der Waals surface area contributed by atoms with Crippen molar-refractivity contribution in [2.75, 3.05) is 26.1 Å². The van der Waals surface area contributed by atoms with Gasteiger partial charge >= 0.3 is 0 Å². The van der Waals surface area contributed by atoms with Crippen molar-refractivity contribution in [3.8, 4) is 17.1 Å². The molecular formula is C24H21N3O4. The summed E-state index contributed by atoms with van der Waals surface area (Å²) in [7, 11) is 5.16. The van der Waals surface area contributed by atoms with E-state index < -0.39 is 0 Å². The molecule has 1 heterocycles. The van der Waals surface area contributed by atoms with Gasteiger partial charge in [-0.15, -0.1) is 0 Å². The van der Waals surface area contributed by atoms with Crippen LogP contribution in [0.5, 0.6) is 5.75 Å². The van der Waals surface area contributed by atoms with Crippen molar-refractivity contribution in [1.82, 2.24) is 0 Å². The minimum atomic E-state index is -0.386. The Labute approximate surface area is 179 Å². The molecule has 4 aromatic rings. The second kappa shape index (κ2) is 8.31. The number of methoxy groups -OCH3 is 1. The van der Waals surface area contributed by atoms with Crippen molar-refractivity contribution >= 4 is 28.0 Å². The van der Waals surface area contributed by atoms with Crippen molar-refractivity contribution in [1.29, 1.82) is 0 Å². The number of fused-ring (bicyclic) bond motifs is 1. The van der Waals surface area contributed by atoms with E-state index in [1.165, 1.54) is 6.07 Å². The highest BCUT2D eigenvalue weighted by Gasteiger charge is 2.18. The van der Waals surface area contributed by atoms with Crippen LogP contribution < -0.4 is 15.0 Å². The lowest BCUT2D eigenvalue weighted by Gasteiger charge is -2.13. The summed E-state index contributed by atoms with van der Waals surface area (Å²) < 4.78 is 11.3. The van der Waals surface area contributed by atoms with Gasteiger partial charge in [-0.3, -0.25) is 10.1 Å². The molecule has 0 N–H and O–H groups in total. The first-order chi connectivity index (χ1) is 15.0. The van der Waals surface area contributed by atoms with Crippen LogP contribution in [0.3, 0.4) is 0 Å². The summed E-state index contributed by atoms with van der Waals surface area (Å²) in [5, 5.41) is 13.2. The number of anilines is 1. The second-order valence-corrected chi connectivity index (χ2v) is 7.16. The van der Waals surface area contributed by atoms with Gasteiger partial charge in [0.2, 0.25) is 0 Å². The summed E-state index contributed by atoms with van der Waals surface area (Å²) in [6.45, 7) is 0. The minimum absolute atomic E-state index is 0.0134. The van der Waals surface area contributed by atoms with Gasteiger partial charge in [0.25, 0.3) is 5.69 Å². The maximum Gasteiger partial charge on any atom is 0.293 e. The molecule has 0 bridgehead atoms. The van der Waals surface area contributed by atoms with Crippen LogP contribution in [0.15, 0.2) is 82.2 Å². The largest absolute Gasteiger partial charge is 0.497 e. The first-order valence-electron chi connectivity index (χ1n) is 9.64. The first kappa shape index (κ1) is 20.2. The van der Waals surface area contributed by atoms with Gasteiger partial charge in [-0.2, -0.15) is 0 Å². The molecule has 0 saturated heterocycles. The lowest BCUT2D eigenvalue weighted by atomic mass is 10.1. The molecule has 0 aliphatic rings. The van der Waals surface area contributed by atoms with Crippen LogP contribution in [0.2, 0.25) is 0 Å². The fraction of sp³-hybridized carbons (Fsp3) is 0.125. The van der Waals surface area contributed by atoms with Gasteiger partial charge in [0.05, 0.1) is 23.1 Å². The van der Waals surface area contributed by atoms with Crippen LogP contribution in [0, 0.1) is 10.1 Å². The Morgan fingerprint density at radius 1 is 1.00 bits per heavy atom. The molecule has 1 aromatic heterocycles. The summed E-state index contributed by atoms with van der Waals surface area (Å²) in [5.41, 5.74) is 2.55.